The van der Waals surface area contributed by atoms with Crippen molar-refractivity contribution in [2.75, 3.05) is 11.9 Å². The number of nitrogens with zero attached hydrogens (tertiary/aromatic N) is 3. The first-order chi connectivity index (χ1) is 7.81. The van der Waals surface area contributed by atoms with Crippen molar-refractivity contribution in [3.05, 3.63) is 24.5 Å². The molecule has 84 valence electrons. The van der Waals surface area contributed by atoms with E-state index in [1.165, 1.54) is 5.69 Å². The molecule has 1 heterocycles. The predicted octanol–water partition coefficient (Wildman–Crippen LogP) is 2.60. The maximum absolute atomic E-state index is 8.86. The maximum Gasteiger partial charge on any atom is 0.0655 e. The lowest BCUT2D eigenvalue weighted by molar-refractivity contribution is 0.372. The molecule has 3 heteroatoms. The summed E-state index contributed by atoms with van der Waals surface area (Å²) in [6, 6.07) is 6.99. The number of pyridine rings is 1. The second-order valence-electron chi connectivity index (χ2n) is 4.46. The molecule has 0 bridgehead atoms. The van der Waals surface area contributed by atoms with Crippen molar-refractivity contribution in [1.29, 1.82) is 5.26 Å². The predicted molar refractivity (Wildman–Crippen MR) is 64.0 cm³/mol. The topological polar surface area (TPSA) is 39.9 Å². The molecule has 2 rings (SSSR count). The van der Waals surface area contributed by atoms with Crippen LogP contribution in [0.25, 0.3) is 0 Å². The number of aromatic nitrogens is 1. The summed E-state index contributed by atoms with van der Waals surface area (Å²) in [6.45, 7) is 0. The van der Waals surface area contributed by atoms with E-state index in [1.54, 1.807) is 6.20 Å². The zero-order valence-corrected chi connectivity index (χ0v) is 9.63. The van der Waals surface area contributed by atoms with Crippen LogP contribution >= 0.6 is 0 Å². The van der Waals surface area contributed by atoms with Crippen LogP contribution in [-0.2, 0) is 0 Å². The van der Waals surface area contributed by atoms with Gasteiger partial charge in [0, 0.05) is 25.2 Å². The molecule has 0 unspecified atom stereocenters. The fraction of sp³-hybridized carbons (Fsp3) is 0.538. The normalized spacial score (nSPS) is 24.8. The molecule has 16 heavy (non-hydrogen) atoms. The first-order valence-corrected chi connectivity index (χ1v) is 5.83. The zero-order chi connectivity index (χ0) is 11.4. The Balaban J connectivity index is 1.97. The lowest BCUT2D eigenvalue weighted by Gasteiger charge is -2.34. The van der Waals surface area contributed by atoms with Crippen LogP contribution in [0.1, 0.15) is 25.7 Å². The highest BCUT2D eigenvalue weighted by Crippen LogP contribution is 2.28. The third kappa shape index (κ3) is 2.33. The second-order valence-corrected chi connectivity index (χ2v) is 4.46. The maximum atomic E-state index is 8.86. The van der Waals surface area contributed by atoms with Gasteiger partial charge in [0.1, 0.15) is 0 Å². The van der Waals surface area contributed by atoms with E-state index >= 15 is 0 Å². The van der Waals surface area contributed by atoms with Gasteiger partial charge >= 0.3 is 0 Å². The summed E-state index contributed by atoms with van der Waals surface area (Å²) >= 11 is 0. The first kappa shape index (κ1) is 10.9. The minimum absolute atomic E-state index is 0.276. The van der Waals surface area contributed by atoms with Gasteiger partial charge in [0.25, 0.3) is 0 Å². The number of rotatable bonds is 2. The van der Waals surface area contributed by atoms with Gasteiger partial charge in [-0.15, -0.1) is 0 Å². The minimum atomic E-state index is 0.276. The van der Waals surface area contributed by atoms with Gasteiger partial charge in [-0.25, -0.2) is 0 Å². The highest BCUT2D eigenvalue weighted by Gasteiger charge is 2.23. The van der Waals surface area contributed by atoms with Crippen molar-refractivity contribution in [2.45, 2.75) is 31.7 Å². The summed E-state index contributed by atoms with van der Waals surface area (Å²) < 4.78 is 0. The van der Waals surface area contributed by atoms with E-state index in [2.05, 4.69) is 29.1 Å². The van der Waals surface area contributed by atoms with Crippen molar-refractivity contribution in [3.8, 4) is 6.07 Å². The van der Waals surface area contributed by atoms with Crippen LogP contribution in [0.2, 0.25) is 0 Å². The monoisotopic (exact) mass is 215 g/mol. The summed E-state index contributed by atoms with van der Waals surface area (Å²) in [5, 5.41) is 8.86. The van der Waals surface area contributed by atoms with E-state index in [0.717, 1.165) is 25.7 Å². The quantitative estimate of drug-likeness (QED) is 0.761. The van der Waals surface area contributed by atoms with Gasteiger partial charge in [0.05, 0.1) is 18.0 Å². The molecular formula is C13H17N3. The summed E-state index contributed by atoms with van der Waals surface area (Å²) in [7, 11) is 2.12. The number of hydrogen-bond donors (Lipinski definition) is 0. The molecule has 1 aromatic heterocycles. The molecule has 1 aromatic rings. The van der Waals surface area contributed by atoms with E-state index in [4.69, 9.17) is 5.26 Å². The number of nitriles is 1. The Morgan fingerprint density at radius 2 is 2.12 bits per heavy atom. The first-order valence-electron chi connectivity index (χ1n) is 5.83. The Hall–Kier alpha value is -1.56. The van der Waals surface area contributed by atoms with Crippen LogP contribution in [0.3, 0.4) is 0 Å². The van der Waals surface area contributed by atoms with Gasteiger partial charge in [-0.05, 0) is 37.8 Å². The summed E-state index contributed by atoms with van der Waals surface area (Å²) in [5.74, 6) is 0.276. The molecule has 1 aliphatic carbocycles. The Morgan fingerprint density at radius 3 is 2.69 bits per heavy atom. The molecule has 0 radical (unpaired) electrons. The largest absolute Gasteiger partial charge is 0.370 e. The lowest BCUT2D eigenvalue weighted by Crippen LogP contribution is -2.35. The molecule has 0 spiro atoms. The Morgan fingerprint density at radius 1 is 1.38 bits per heavy atom. The minimum Gasteiger partial charge on any atom is -0.370 e. The molecule has 0 atom stereocenters. The van der Waals surface area contributed by atoms with Crippen molar-refractivity contribution < 1.29 is 0 Å². The van der Waals surface area contributed by atoms with Gasteiger partial charge in [-0.1, -0.05) is 0 Å². The van der Waals surface area contributed by atoms with E-state index in [-0.39, 0.29) is 5.92 Å². The fourth-order valence-corrected chi connectivity index (χ4v) is 2.37. The average molecular weight is 215 g/mol. The Labute approximate surface area is 96.7 Å². The van der Waals surface area contributed by atoms with E-state index < -0.39 is 0 Å². The molecule has 0 aliphatic heterocycles. The summed E-state index contributed by atoms with van der Waals surface area (Å²) in [6.07, 6.45) is 7.99. The van der Waals surface area contributed by atoms with Crippen molar-refractivity contribution in [2.24, 2.45) is 5.92 Å². The van der Waals surface area contributed by atoms with Crippen molar-refractivity contribution >= 4 is 5.69 Å². The molecule has 0 N–H and O–H groups in total. The van der Waals surface area contributed by atoms with Crippen LogP contribution in [0.4, 0.5) is 5.69 Å². The highest BCUT2D eigenvalue weighted by atomic mass is 15.1. The molecule has 0 saturated heterocycles. The molecule has 0 aromatic carbocycles. The third-order valence-electron chi connectivity index (χ3n) is 3.48. The van der Waals surface area contributed by atoms with Crippen molar-refractivity contribution in [3.63, 3.8) is 0 Å². The molecular weight excluding hydrogens is 198 g/mol. The molecule has 1 saturated carbocycles. The Bertz CT molecular complexity index is 361. The third-order valence-corrected chi connectivity index (χ3v) is 3.48. The van der Waals surface area contributed by atoms with Gasteiger partial charge in [0.2, 0.25) is 0 Å². The van der Waals surface area contributed by atoms with Crippen LogP contribution in [-0.4, -0.2) is 18.1 Å². The average Bonchev–Trinajstić information content (AvgIpc) is 2.39. The van der Waals surface area contributed by atoms with E-state index in [0.29, 0.717) is 6.04 Å². The summed E-state index contributed by atoms with van der Waals surface area (Å²) in [5.41, 5.74) is 1.17. The van der Waals surface area contributed by atoms with Crippen LogP contribution < -0.4 is 4.90 Å². The van der Waals surface area contributed by atoms with E-state index in [1.807, 2.05) is 12.3 Å². The summed E-state index contributed by atoms with van der Waals surface area (Å²) in [4.78, 5) is 6.43. The van der Waals surface area contributed by atoms with Gasteiger partial charge < -0.3 is 4.90 Å². The van der Waals surface area contributed by atoms with Gasteiger partial charge in [-0.3, -0.25) is 4.98 Å². The number of anilines is 1. The molecule has 0 amide bonds. The smallest absolute Gasteiger partial charge is 0.0655 e. The zero-order valence-electron chi connectivity index (χ0n) is 9.63. The van der Waals surface area contributed by atoms with Crippen LogP contribution in [0.5, 0.6) is 0 Å². The molecule has 3 nitrogen and oxygen atoms in total. The lowest BCUT2D eigenvalue weighted by atomic mass is 9.86. The highest BCUT2D eigenvalue weighted by molar-refractivity contribution is 5.43. The SMILES string of the molecule is CN(c1cccnc1)C1CCC(C#N)CC1. The van der Waals surface area contributed by atoms with Crippen LogP contribution in [0.15, 0.2) is 24.5 Å². The fourth-order valence-electron chi connectivity index (χ4n) is 2.37. The standard InChI is InChI=1S/C13H17N3/c1-16(13-3-2-8-15-10-13)12-6-4-11(9-14)5-7-12/h2-3,8,10-12H,4-7H2,1H3. The van der Waals surface area contributed by atoms with Crippen LogP contribution in [0, 0.1) is 17.2 Å². The Kier molecular flexibility index (Phi) is 3.40. The molecule has 1 fully saturated rings. The van der Waals surface area contributed by atoms with Crippen molar-refractivity contribution in [1.82, 2.24) is 4.98 Å². The van der Waals surface area contributed by atoms with Gasteiger partial charge in [0.15, 0.2) is 0 Å². The number of hydrogen-bond acceptors (Lipinski definition) is 3. The van der Waals surface area contributed by atoms with Gasteiger partial charge in [-0.2, -0.15) is 5.26 Å². The molecule has 1 aliphatic rings. The van der Waals surface area contributed by atoms with E-state index in [9.17, 15) is 0 Å². The second kappa shape index (κ2) is 4.98.